The van der Waals surface area contributed by atoms with Gasteiger partial charge in [0.15, 0.2) is 0 Å². The molecule has 0 aromatic heterocycles. The summed E-state index contributed by atoms with van der Waals surface area (Å²) in [6, 6.07) is 0.701. The van der Waals surface area contributed by atoms with E-state index in [4.69, 9.17) is 9.84 Å². The predicted octanol–water partition coefficient (Wildman–Crippen LogP) is 1.31. The van der Waals surface area contributed by atoms with E-state index in [1.165, 1.54) is 25.7 Å². The van der Waals surface area contributed by atoms with Gasteiger partial charge in [-0.25, -0.2) is 0 Å². The van der Waals surface area contributed by atoms with E-state index < -0.39 is 0 Å². The van der Waals surface area contributed by atoms with Crippen molar-refractivity contribution in [1.82, 2.24) is 5.32 Å². The maximum Gasteiger partial charge on any atom is 0.0576 e. The van der Waals surface area contributed by atoms with Crippen LogP contribution < -0.4 is 5.32 Å². The molecule has 0 aromatic rings. The molecule has 1 aliphatic carbocycles. The monoisotopic (exact) mass is 201 g/mol. The zero-order chi connectivity index (χ0) is 10.2. The van der Waals surface area contributed by atoms with Gasteiger partial charge in [0.25, 0.3) is 0 Å². The molecule has 0 radical (unpaired) electrons. The van der Waals surface area contributed by atoms with Crippen molar-refractivity contribution in [2.24, 2.45) is 0 Å². The summed E-state index contributed by atoms with van der Waals surface area (Å²) < 4.78 is 5.74. The molecule has 1 saturated carbocycles. The van der Waals surface area contributed by atoms with Gasteiger partial charge in [-0.2, -0.15) is 0 Å². The lowest BCUT2D eigenvalue weighted by Crippen LogP contribution is -2.33. The van der Waals surface area contributed by atoms with Crippen molar-refractivity contribution < 1.29 is 9.84 Å². The van der Waals surface area contributed by atoms with E-state index in [1.54, 1.807) is 0 Å². The Hall–Kier alpha value is -0.120. The van der Waals surface area contributed by atoms with Crippen LogP contribution in [0.15, 0.2) is 0 Å². The first-order valence-corrected chi connectivity index (χ1v) is 5.76. The summed E-state index contributed by atoms with van der Waals surface area (Å²) in [6.07, 6.45) is 7.17. The molecule has 0 atom stereocenters. The van der Waals surface area contributed by atoms with Gasteiger partial charge in [0.2, 0.25) is 0 Å². The largest absolute Gasteiger partial charge is 0.396 e. The smallest absolute Gasteiger partial charge is 0.0576 e. The molecule has 0 unspecified atom stereocenters. The maximum absolute atomic E-state index is 8.61. The molecular formula is C11H23NO2. The third kappa shape index (κ3) is 4.40. The Morgan fingerprint density at radius 2 is 1.93 bits per heavy atom. The third-order valence-corrected chi connectivity index (χ3v) is 2.99. The minimum absolute atomic E-state index is 0.288. The van der Waals surface area contributed by atoms with Crippen molar-refractivity contribution in [2.75, 3.05) is 20.3 Å². The predicted molar refractivity (Wildman–Crippen MR) is 57.4 cm³/mol. The molecule has 0 aromatic carbocycles. The third-order valence-electron chi connectivity index (χ3n) is 2.99. The lowest BCUT2D eigenvalue weighted by atomic mass is 9.93. The lowest BCUT2D eigenvalue weighted by molar-refractivity contribution is 0.0198. The summed E-state index contributed by atoms with van der Waals surface area (Å²) in [6.45, 7) is 1.10. The first-order valence-electron chi connectivity index (χ1n) is 5.76. The minimum atomic E-state index is 0.288. The van der Waals surface area contributed by atoms with E-state index in [0.29, 0.717) is 12.1 Å². The second-order valence-electron chi connectivity index (χ2n) is 4.06. The fourth-order valence-corrected chi connectivity index (χ4v) is 1.98. The standard InChI is InChI=1S/C11H23NO2/c1-12-10-4-6-11(7-5-10)14-9-3-2-8-13/h10-13H,2-9H2,1H3. The van der Waals surface area contributed by atoms with Crippen LogP contribution in [0, 0.1) is 0 Å². The fraction of sp³-hybridized carbons (Fsp3) is 1.00. The topological polar surface area (TPSA) is 41.5 Å². The Labute approximate surface area is 86.8 Å². The van der Waals surface area contributed by atoms with Crippen molar-refractivity contribution in [3.05, 3.63) is 0 Å². The van der Waals surface area contributed by atoms with Gasteiger partial charge in [-0.15, -0.1) is 0 Å². The second-order valence-corrected chi connectivity index (χ2v) is 4.06. The van der Waals surface area contributed by atoms with Gasteiger partial charge in [-0.3, -0.25) is 0 Å². The van der Waals surface area contributed by atoms with E-state index in [1.807, 2.05) is 7.05 Å². The summed E-state index contributed by atoms with van der Waals surface area (Å²) in [5.41, 5.74) is 0. The summed E-state index contributed by atoms with van der Waals surface area (Å²) in [4.78, 5) is 0. The Morgan fingerprint density at radius 1 is 1.21 bits per heavy atom. The van der Waals surface area contributed by atoms with Gasteiger partial charge in [-0.05, 0) is 45.6 Å². The number of rotatable bonds is 6. The lowest BCUT2D eigenvalue weighted by Gasteiger charge is -2.28. The number of aliphatic hydroxyl groups excluding tert-OH is 1. The number of unbranched alkanes of at least 4 members (excludes halogenated alkanes) is 1. The number of ether oxygens (including phenoxy) is 1. The molecule has 1 fully saturated rings. The van der Waals surface area contributed by atoms with E-state index >= 15 is 0 Å². The highest BCUT2D eigenvalue weighted by atomic mass is 16.5. The summed E-state index contributed by atoms with van der Waals surface area (Å²) >= 11 is 0. The molecule has 2 N–H and O–H groups in total. The second kappa shape index (κ2) is 7.21. The first kappa shape index (κ1) is 12.0. The molecule has 14 heavy (non-hydrogen) atoms. The molecule has 84 valence electrons. The minimum Gasteiger partial charge on any atom is -0.396 e. The summed E-state index contributed by atoms with van der Waals surface area (Å²) in [7, 11) is 2.03. The van der Waals surface area contributed by atoms with Gasteiger partial charge < -0.3 is 15.2 Å². The molecule has 1 rings (SSSR count). The molecule has 1 aliphatic rings. The van der Waals surface area contributed by atoms with Crippen LogP contribution >= 0.6 is 0 Å². The van der Waals surface area contributed by atoms with Crippen molar-refractivity contribution >= 4 is 0 Å². The molecule has 0 spiro atoms. The Kier molecular flexibility index (Phi) is 6.15. The fourth-order valence-electron chi connectivity index (χ4n) is 1.98. The highest BCUT2D eigenvalue weighted by molar-refractivity contribution is 4.76. The molecule has 0 saturated heterocycles. The average Bonchev–Trinajstić information content (AvgIpc) is 2.25. The zero-order valence-corrected chi connectivity index (χ0v) is 9.17. The van der Waals surface area contributed by atoms with Crippen LogP contribution in [0.4, 0.5) is 0 Å². The SMILES string of the molecule is CNC1CCC(OCCCCO)CC1. The molecule has 0 amide bonds. The normalized spacial score (nSPS) is 27.9. The highest BCUT2D eigenvalue weighted by Gasteiger charge is 2.19. The summed E-state index contributed by atoms with van der Waals surface area (Å²) in [5.74, 6) is 0. The highest BCUT2D eigenvalue weighted by Crippen LogP contribution is 2.20. The molecule has 0 bridgehead atoms. The van der Waals surface area contributed by atoms with Crippen LogP contribution in [-0.4, -0.2) is 37.5 Å². The Morgan fingerprint density at radius 3 is 2.50 bits per heavy atom. The van der Waals surface area contributed by atoms with E-state index in [2.05, 4.69) is 5.32 Å². The van der Waals surface area contributed by atoms with Crippen LogP contribution in [0.3, 0.4) is 0 Å². The van der Waals surface area contributed by atoms with Crippen LogP contribution in [0.25, 0.3) is 0 Å². The van der Waals surface area contributed by atoms with Crippen LogP contribution in [0.2, 0.25) is 0 Å². The number of nitrogens with one attached hydrogen (secondary N) is 1. The molecular weight excluding hydrogens is 178 g/mol. The number of hydrogen-bond acceptors (Lipinski definition) is 3. The average molecular weight is 201 g/mol. The molecule has 0 heterocycles. The number of hydrogen-bond donors (Lipinski definition) is 2. The first-order chi connectivity index (χ1) is 6.86. The number of aliphatic hydroxyl groups is 1. The Balaban J connectivity index is 1.98. The van der Waals surface area contributed by atoms with E-state index in [-0.39, 0.29) is 6.61 Å². The van der Waals surface area contributed by atoms with Crippen LogP contribution in [-0.2, 0) is 4.74 Å². The van der Waals surface area contributed by atoms with Crippen LogP contribution in [0.1, 0.15) is 38.5 Å². The van der Waals surface area contributed by atoms with Gasteiger partial charge in [0.1, 0.15) is 0 Å². The molecule has 3 heteroatoms. The summed E-state index contributed by atoms with van der Waals surface area (Å²) in [5, 5.41) is 11.9. The van der Waals surface area contributed by atoms with Crippen molar-refractivity contribution in [3.8, 4) is 0 Å². The van der Waals surface area contributed by atoms with Crippen molar-refractivity contribution in [1.29, 1.82) is 0 Å². The quantitative estimate of drug-likeness (QED) is 0.637. The van der Waals surface area contributed by atoms with Gasteiger partial charge in [-0.1, -0.05) is 0 Å². The van der Waals surface area contributed by atoms with Crippen LogP contribution in [0.5, 0.6) is 0 Å². The van der Waals surface area contributed by atoms with Crippen molar-refractivity contribution in [3.63, 3.8) is 0 Å². The van der Waals surface area contributed by atoms with Gasteiger partial charge in [0.05, 0.1) is 6.10 Å². The van der Waals surface area contributed by atoms with E-state index in [0.717, 1.165) is 19.4 Å². The van der Waals surface area contributed by atoms with Crippen molar-refractivity contribution in [2.45, 2.75) is 50.7 Å². The molecule has 0 aliphatic heterocycles. The molecule has 3 nitrogen and oxygen atoms in total. The van der Waals surface area contributed by atoms with Gasteiger partial charge >= 0.3 is 0 Å². The van der Waals surface area contributed by atoms with Gasteiger partial charge in [0, 0.05) is 19.3 Å². The van der Waals surface area contributed by atoms with E-state index in [9.17, 15) is 0 Å². The zero-order valence-electron chi connectivity index (χ0n) is 9.17. The maximum atomic E-state index is 8.61. The Bertz CT molecular complexity index is 133.